The molecule has 0 bridgehead atoms. The van der Waals surface area contributed by atoms with E-state index in [4.69, 9.17) is 42.4 Å². The van der Waals surface area contributed by atoms with Crippen LogP contribution in [0.3, 0.4) is 0 Å². The molecule has 3 fully saturated rings. The van der Waals surface area contributed by atoms with Gasteiger partial charge in [0.2, 0.25) is 6.41 Å². The number of nitrogens with two attached hydrogens (primary N) is 1. The van der Waals surface area contributed by atoms with Crippen molar-refractivity contribution in [3.63, 3.8) is 0 Å². The molecule has 0 unspecified atom stereocenters. The first kappa shape index (κ1) is 41.4. The predicted molar refractivity (Wildman–Crippen MR) is 242 cm³/mol. The van der Waals surface area contributed by atoms with Crippen molar-refractivity contribution in [3.05, 3.63) is 100 Å². The molecule has 5 aromatic rings. The Morgan fingerprint density at radius 2 is 1.95 bits per heavy atom. The summed E-state index contributed by atoms with van der Waals surface area (Å²) in [4.78, 5) is 38.0. The van der Waals surface area contributed by atoms with E-state index < -0.39 is 0 Å². The number of anilines is 1. The number of nitrogens with zero attached hydrogens (tertiary/aromatic N) is 9. The fraction of sp³-hybridized carbons (Fsp3) is 0.391. The summed E-state index contributed by atoms with van der Waals surface area (Å²) in [6.07, 6.45) is 14.0. The van der Waals surface area contributed by atoms with Crippen molar-refractivity contribution in [2.75, 3.05) is 31.1 Å². The van der Waals surface area contributed by atoms with Crippen LogP contribution in [0.5, 0.6) is 5.75 Å². The summed E-state index contributed by atoms with van der Waals surface area (Å²) >= 11 is 7.60. The summed E-state index contributed by atoms with van der Waals surface area (Å²) < 4.78 is 11.0. The van der Waals surface area contributed by atoms with Crippen molar-refractivity contribution in [1.82, 2.24) is 34.6 Å². The van der Waals surface area contributed by atoms with Gasteiger partial charge in [0.05, 0.1) is 28.1 Å². The van der Waals surface area contributed by atoms with E-state index in [1.807, 2.05) is 42.3 Å². The van der Waals surface area contributed by atoms with Gasteiger partial charge >= 0.3 is 0 Å². The highest BCUT2D eigenvalue weighted by Gasteiger charge is 2.52. The molecule has 2 amide bonds. The summed E-state index contributed by atoms with van der Waals surface area (Å²) in [7, 11) is 1.97. The van der Waals surface area contributed by atoms with Crippen molar-refractivity contribution in [2.45, 2.75) is 69.3 Å². The Hall–Kier alpha value is -5.98. The van der Waals surface area contributed by atoms with Crippen molar-refractivity contribution in [1.29, 1.82) is 5.26 Å². The highest BCUT2D eigenvalue weighted by atomic mass is 35.5. The molecule has 5 heterocycles. The number of nitrogens with one attached hydrogen (secondary N) is 1. The number of aryl methyl sites for hydroxylation is 1. The van der Waals surface area contributed by atoms with E-state index >= 15 is 0 Å². The quantitative estimate of drug-likeness (QED) is 0.0713. The molecule has 2 aliphatic heterocycles. The zero-order valence-corrected chi connectivity index (χ0v) is 36.1. The third kappa shape index (κ3) is 8.58. The molecule has 3 aromatic heterocycles. The van der Waals surface area contributed by atoms with Crippen LogP contribution in [0.25, 0.3) is 27.6 Å². The number of fused-ring (bicyclic) bond motifs is 2. The van der Waals surface area contributed by atoms with E-state index in [2.05, 4.69) is 38.0 Å². The van der Waals surface area contributed by atoms with Gasteiger partial charge in [-0.05, 0) is 98.5 Å². The third-order valence-electron chi connectivity index (χ3n) is 12.8. The molecule has 9 rings (SSSR count). The number of nitriles is 1. The molecule has 3 N–H and O–H groups in total. The van der Waals surface area contributed by atoms with Gasteiger partial charge in [-0.3, -0.25) is 29.0 Å². The number of ether oxygens (including phenoxy) is 1. The van der Waals surface area contributed by atoms with Gasteiger partial charge in [-0.1, -0.05) is 29.8 Å². The maximum Gasteiger partial charge on any atom is 0.281 e. The molecular formula is C46H48ClN11O3S. The Morgan fingerprint density at radius 3 is 2.69 bits per heavy atom. The number of carbonyl (C=O) groups is 2. The van der Waals surface area contributed by atoms with E-state index in [1.54, 1.807) is 35.4 Å². The monoisotopic (exact) mass is 869 g/mol. The first-order chi connectivity index (χ1) is 30.2. The molecule has 14 nitrogen and oxygen atoms in total. The highest BCUT2D eigenvalue weighted by molar-refractivity contribution is 7.98. The number of aliphatic imine (C=N–C) groups is 1. The number of allylic oxidation sites excluding steroid dienone is 1. The number of hydrogen-bond donors (Lipinski definition) is 2. The SMILES string of the molecule is Cn1nc(-c2cccc3cc(/C(C=NCCC4CC5(C4)CN(c4ccc(C(=O)NSC6CCC(Oc7ccc(C#N)c(Cl)c7)CC6)nn4)C5)=C/N)ncc23)c2c1CCN(C=O)C2. The van der Waals surface area contributed by atoms with E-state index in [9.17, 15) is 9.59 Å². The molecule has 2 saturated carbocycles. The fourth-order valence-electron chi connectivity index (χ4n) is 9.55. The normalized spacial score (nSPS) is 19.8. The summed E-state index contributed by atoms with van der Waals surface area (Å²) in [5.41, 5.74) is 12.8. The number of rotatable bonds is 13. The van der Waals surface area contributed by atoms with E-state index in [0.717, 1.165) is 109 Å². The largest absolute Gasteiger partial charge is 0.490 e. The van der Waals surface area contributed by atoms with Crippen LogP contribution in [0.4, 0.5) is 5.82 Å². The lowest BCUT2D eigenvalue weighted by Gasteiger charge is -2.59. The highest BCUT2D eigenvalue weighted by Crippen LogP contribution is 2.53. The number of hydrogen-bond acceptors (Lipinski definition) is 12. The average molecular weight is 870 g/mol. The van der Waals surface area contributed by atoms with Gasteiger partial charge in [0.1, 0.15) is 11.8 Å². The van der Waals surface area contributed by atoms with Gasteiger partial charge in [-0.15, -0.1) is 10.2 Å². The fourth-order valence-corrected chi connectivity index (χ4v) is 10.6. The minimum absolute atomic E-state index is 0.0744. The summed E-state index contributed by atoms with van der Waals surface area (Å²) in [5.74, 6) is 1.86. The van der Waals surface area contributed by atoms with Crippen LogP contribution >= 0.6 is 23.5 Å². The number of aromatic nitrogens is 5. The Kier molecular flexibility index (Phi) is 11.9. The predicted octanol–water partition coefficient (Wildman–Crippen LogP) is 6.91. The van der Waals surface area contributed by atoms with Crippen LogP contribution in [0, 0.1) is 22.7 Å². The second kappa shape index (κ2) is 17.8. The van der Waals surface area contributed by atoms with E-state index in [-0.39, 0.29) is 17.3 Å². The zero-order valence-electron chi connectivity index (χ0n) is 34.5. The lowest BCUT2D eigenvalue weighted by Crippen LogP contribution is -2.62. The minimum atomic E-state index is -0.241. The minimum Gasteiger partial charge on any atom is -0.490 e. The van der Waals surface area contributed by atoms with Crippen LogP contribution in [0.2, 0.25) is 5.02 Å². The molecule has 4 aliphatic rings. The molecule has 1 spiro atoms. The van der Waals surface area contributed by atoms with E-state index in [0.29, 0.717) is 46.5 Å². The van der Waals surface area contributed by atoms with Crippen molar-refractivity contribution in [3.8, 4) is 23.1 Å². The van der Waals surface area contributed by atoms with Crippen LogP contribution < -0.4 is 20.1 Å². The number of pyridine rings is 1. The number of carbonyl (C=O) groups excluding carboxylic acids is 2. The lowest BCUT2D eigenvalue weighted by atomic mass is 9.57. The summed E-state index contributed by atoms with van der Waals surface area (Å²) in [5, 5.41) is 25.3. The number of benzene rings is 2. The summed E-state index contributed by atoms with van der Waals surface area (Å²) in [6.45, 7) is 3.87. The van der Waals surface area contributed by atoms with Crippen LogP contribution in [0.15, 0.2) is 72.0 Å². The van der Waals surface area contributed by atoms with Gasteiger partial charge in [0.25, 0.3) is 5.91 Å². The van der Waals surface area contributed by atoms with Gasteiger partial charge < -0.3 is 20.3 Å². The molecule has 2 aromatic carbocycles. The van der Waals surface area contributed by atoms with Crippen LogP contribution in [-0.4, -0.2) is 85.9 Å². The van der Waals surface area contributed by atoms with Gasteiger partial charge in [0.15, 0.2) is 11.5 Å². The zero-order chi connectivity index (χ0) is 42.8. The summed E-state index contributed by atoms with van der Waals surface area (Å²) in [6, 6.07) is 19.1. The van der Waals surface area contributed by atoms with Crippen molar-refractivity contribution < 1.29 is 14.3 Å². The van der Waals surface area contributed by atoms with Crippen molar-refractivity contribution >= 4 is 64.2 Å². The molecule has 1 saturated heterocycles. The molecule has 0 atom stereocenters. The third-order valence-corrected chi connectivity index (χ3v) is 14.2. The smallest absolute Gasteiger partial charge is 0.281 e. The molecule has 2 aliphatic carbocycles. The van der Waals surface area contributed by atoms with Crippen molar-refractivity contribution in [2.24, 2.45) is 29.1 Å². The molecule has 0 radical (unpaired) electrons. The Balaban J connectivity index is 0.697. The molecule has 62 heavy (non-hydrogen) atoms. The van der Waals surface area contributed by atoms with Gasteiger partial charge in [-0.2, -0.15) is 10.4 Å². The van der Waals surface area contributed by atoms with Crippen LogP contribution in [-0.2, 0) is 24.8 Å². The van der Waals surface area contributed by atoms with Gasteiger partial charge in [-0.25, -0.2) is 0 Å². The molecule has 16 heteroatoms. The second-order valence-electron chi connectivity index (χ2n) is 17.0. The van der Waals surface area contributed by atoms with Gasteiger partial charge in [0, 0.05) is 109 Å². The first-order valence-corrected chi connectivity index (χ1v) is 22.4. The Labute approximate surface area is 369 Å². The van der Waals surface area contributed by atoms with E-state index in [1.165, 1.54) is 30.5 Å². The van der Waals surface area contributed by atoms with Crippen LogP contribution in [0.1, 0.15) is 77.9 Å². The standard InChI is InChI=1S/C46H48ClN11O3S/c1-56-42-14-16-57(28-59)25-38(42)44(54-56)36-4-2-3-30-17-41(51-24-37(30)36)32(22-49)23-50-15-13-29-19-46(20-29)26-58(27-46)43-12-11-40(52-53-43)45(60)55-62-35-9-7-33(8-10-35)61-34-6-5-31(21-48)39(47)18-34/h2-6,11-12,17-18,22-24,28-29,33,35H,7-10,13-16,19-20,25-27,49H2,1H3,(H,55,60)/b32-22+,50-23?. The topological polar surface area (TPSA) is 181 Å². The Bertz CT molecular complexity index is 2590. The number of amides is 2. The maximum atomic E-state index is 12.9. The Morgan fingerprint density at radius 1 is 1.11 bits per heavy atom. The molecule has 318 valence electrons. The lowest BCUT2D eigenvalue weighted by molar-refractivity contribution is -0.118. The molecular weight excluding hydrogens is 822 g/mol. The first-order valence-electron chi connectivity index (χ1n) is 21.2. The average Bonchev–Trinajstić information content (AvgIpc) is 3.60. The number of halogens is 1. The maximum absolute atomic E-state index is 12.9. The second-order valence-corrected chi connectivity index (χ2v) is 18.5.